The maximum Gasteiger partial charge on any atom is 0.261 e. The van der Waals surface area contributed by atoms with Gasteiger partial charge in [-0.3, -0.25) is 4.79 Å². The fourth-order valence-electron chi connectivity index (χ4n) is 1.69. The number of halogens is 3. The molecule has 18 heavy (non-hydrogen) atoms. The lowest BCUT2D eigenvalue weighted by atomic mass is 10.0. The Balaban J connectivity index is 2.48. The van der Waals surface area contributed by atoms with E-state index in [9.17, 15) is 4.79 Å². The molecule has 0 aromatic carbocycles. The molecule has 0 fully saturated rings. The van der Waals surface area contributed by atoms with Gasteiger partial charge in [0.2, 0.25) is 0 Å². The van der Waals surface area contributed by atoms with Gasteiger partial charge in [-0.1, -0.05) is 29.3 Å². The van der Waals surface area contributed by atoms with Gasteiger partial charge in [0.05, 0.1) is 8.66 Å². The summed E-state index contributed by atoms with van der Waals surface area (Å²) in [6, 6.07) is 1.85. The molecule has 0 bridgehead atoms. The van der Waals surface area contributed by atoms with Crippen LogP contribution in [0.3, 0.4) is 0 Å². The first-order valence-corrected chi connectivity index (χ1v) is 9.39. The molecule has 102 valence electrons. The first-order valence-electron chi connectivity index (χ1n) is 5.87. The van der Waals surface area contributed by atoms with Gasteiger partial charge in [0, 0.05) is 16.3 Å². The van der Waals surface area contributed by atoms with E-state index in [2.05, 4.69) is 60.0 Å². The van der Waals surface area contributed by atoms with Crippen molar-refractivity contribution in [2.24, 2.45) is 5.92 Å². The summed E-state index contributed by atoms with van der Waals surface area (Å²) in [6.07, 6.45) is 3.42. The van der Waals surface area contributed by atoms with Gasteiger partial charge in [0.25, 0.3) is 5.91 Å². The second kappa shape index (κ2) is 8.72. The Hall–Kier alpha value is 0.610. The predicted molar refractivity (Wildman–Crippen MR) is 88.9 cm³/mol. The molecule has 0 saturated carbocycles. The van der Waals surface area contributed by atoms with Crippen molar-refractivity contribution < 1.29 is 4.79 Å². The average Bonchev–Trinajstić information content (AvgIpc) is 2.67. The molecule has 0 spiro atoms. The van der Waals surface area contributed by atoms with E-state index in [4.69, 9.17) is 0 Å². The van der Waals surface area contributed by atoms with E-state index in [0.29, 0.717) is 5.92 Å². The second-order valence-corrected chi connectivity index (χ2v) is 8.09. The number of nitrogens with one attached hydrogen (secondary N) is 1. The summed E-state index contributed by atoms with van der Waals surface area (Å²) < 4.78 is 1.89. The van der Waals surface area contributed by atoms with Gasteiger partial charge < -0.3 is 5.32 Å². The summed E-state index contributed by atoms with van der Waals surface area (Å²) in [5.41, 5.74) is 0. The fraction of sp³-hybridized carbons (Fsp3) is 0.583. The Morgan fingerprint density at radius 2 is 2.17 bits per heavy atom. The van der Waals surface area contributed by atoms with Gasteiger partial charge in [0.15, 0.2) is 0 Å². The quantitative estimate of drug-likeness (QED) is 0.555. The van der Waals surface area contributed by atoms with Crippen molar-refractivity contribution in [1.82, 2.24) is 5.32 Å². The number of thiophene rings is 1. The molecule has 6 heteroatoms. The van der Waals surface area contributed by atoms with Crippen LogP contribution in [0.25, 0.3) is 0 Å². The molecule has 0 radical (unpaired) electrons. The van der Waals surface area contributed by atoms with E-state index >= 15 is 0 Å². The largest absolute Gasteiger partial charge is 0.351 e. The summed E-state index contributed by atoms with van der Waals surface area (Å²) in [5, 5.41) is 4.01. The molecule has 1 rings (SSSR count). The third-order valence-corrected chi connectivity index (χ3v) is 6.35. The minimum absolute atomic E-state index is 0.0158. The number of hydrogen-bond donors (Lipinski definition) is 1. The highest BCUT2D eigenvalue weighted by molar-refractivity contribution is 9.13. The van der Waals surface area contributed by atoms with Crippen LogP contribution >= 0.6 is 59.1 Å². The maximum atomic E-state index is 12.0. The number of carbonyl (C=O) groups is 1. The number of alkyl halides is 1. The Morgan fingerprint density at radius 3 is 2.67 bits per heavy atom. The van der Waals surface area contributed by atoms with Crippen LogP contribution in [0.2, 0.25) is 0 Å². The average molecular weight is 462 g/mol. The third kappa shape index (κ3) is 5.31. The van der Waals surface area contributed by atoms with Crippen LogP contribution in [0.4, 0.5) is 0 Å². The Labute approximate surface area is 137 Å². The van der Waals surface area contributed by atoms with Crippen LogP contribution in [0.15, 0.2) is 14.3 Å². The van der Waals surface area contributed by atoms with Gasteiger partial charge >= 0.3 is 0 Å². The van der Waals surface area contributed by atoms with Gasteiger partial charge in [-0.25, -0.2) is 0 Å². The summed E-state index contributed by atoms with van der Waals surface area (Å²) in [7, 11) is 0. The second-order valence-electron chi connectivity index (χ2n) is 4.07. The third-order valence-electron chi connectivity index (χ3n) is 2.63. The van der Waals surface area contributed by atoms with Crippen LogP contribution in [0.1, 0.15) is 35.9 Å². The highest BCUT2D eigenvalue weighted by atomic mass is 79.9. The smallest absolute Gasteiger partial charge is 0.261 e. The summed E-state index contributed by atoms with van der Waals surface area (Å²) in [6.45, 7) is 2.93. The first kappa shape index (κ1) is 16.7. The van der Waals surface area contributed by atoms with Crippen LogP contribution < -0.4 is 5.32 Å². The Bertz CT molecular complexity index is 369. The lowest BCUT2D eigenvalue weighted by Crippen LogP contribution is -2.29. The van der Waals surface area contributed by atoms with Crippen LogP contribution in [0.5, 0.6) is 0 Å². The minimum atomic E-state index is 0.0158. The van der Waals surface area contributed by atoms with Crippen molar-refractivity contribution in [3.8, 4) is 0 Å². The molecule has 1 unspecified atom stereocenters. The normalized spacial score (nSPS) is 12.4. The highest BCUT2D eigenvalue weighted by Gasteiger charge is 2.14. The molecule has 2 nitrogen and oxygen atoms in total. The number of rotatable bonds is 7. The molecule has 0 aliphatic carbocycles. The molecule has 0 saturated heterocycles. The molecular formula is C12H16Br3NOS. The molecule has 1 aromatic rings. The zero-order chi connectivity index (χ0) is 13.5. The van der Waals surface area contributed by atoms with E-state index in [1.165, 1.54) is 11.3 Å². The Morgan fingerprint density at radius 1 is 1.44 bits per heavy atom. The molecule has 0 aliphatic rings. The molecule has 1 aromatic heterocycles. The zero-order valence-electron chi connectivity index (χ0n) is 10.1. The van der Waals surface area contributed by atoms with Gasteiger partial charge in [-0.2, -0.15) is 0 Å². The van der Waals surface area contributed by atoms with Gasteiger partial charge in [-0.15, -0.1) is 11.3 Å². The molecular weight excluding hydrogens is 446 g/mol. The summed E-state index contributed by atoms with van der Waals surface area (Å²) >= 11 is 11.7. The van der Waals surface area contributed by atoms with Crippen molar-refractivity contribution in [2.45, 2.75) is 26.2 Å². The Kier molecular flexibility index (Phi) is 8.07. The first-order chi connectivity index (χ1) is 8.58. The van der Waals surface area contributed by atoms with Crippen LogP contribution in [-0.2, 0) is 0 Å². The number of carbonyl (C=O) groups excluding carboxylic acids is 1. The van der Waals surface area contributed by atoms with Crippen molar-refractivity contribution >= 4 is 65.0 Å². The van der Waals surface area contributed by atoms with Crippen molar-refractivity contribution in [3.05, 3.63) is 19.2 Å². The maximum absolute atomic E-state index is 12.0. The SMILES string of the molecule is CCCC(CCBr)CNC(=O)c1cc(Br)c(Br)s1. The highest BCUT2D eigenvalue weighted by Crippen LogP contribution is 2.32. The van der Waals surface area contributed by atoms with E-state index in [1.54, 1.807) is 0 Å². The molecule has 1 heterocycles. The lowest BCUT2D eigenvalue weighted by molar-refractivity contribution is 0.0950. The van der Waals surface area contributed by atoms with Crippen molar-refractivity contribution in [3.63, 3.8) is 0 Å². The van der Waals surface area contributed by atoms with E-state index in [1.807, 2.05) is 6.07 Å². The minimum Gasteiger partial charge on any atom is -0.351 e. The zero-order valence-corrected chi connectivity index (χ0v) is 15.7. The fourth-order valence-corrected chi connectivity index (χ4v) is 4.29. The number of amides is 1. The van der Waals surface area contributed by atoms with Crippen LogP contribution in [-0.4, -0.2) is 17.8 Å². The summed E-state index contributed by atoms with van der Waals surface area (Å²) in [5.74, 6) is 0.576. The molecule has 0 aliphatic heterocycles. The number of hydrogen-bond acceptors (Lipinski definition) is 2. The molecule has 1 amide bonds. The molecule has 1 N–H and O–H groups in total. The van der Waals surface area contributed by atoms with Crippen molar-refractivity contribution in [2.75, 3.05) is 11.9 Å². The monoisotopic (exact) mass is 459 g/mol. The van der Waals surface area contributed by atoms with Gasteiger partial charge in [-0.05, 0) is 56.7 Å². The standard InChI is InChI=1S/C12H16Br3NOS/c1-2-3-8(4-5-13)7-16-12(17)10-6-9(14)11(15)18-10/h6,8H,2-5,7H2,1H3,(H,16,17). The van der Waals surface area contributed by atoms with Crippen molar-refractivity contribution in [1.29, 1.82) is 0 Å². The van der Waals surface area contributed by atoms with E-state index < -0.39 is 0 Å². The van der Waals surface area contributed by atoms with Gasteiger partial charge in [0.1, 0.15) is 0 Å². The summed E-state index contributed by atoms with van der Waals surface area (Å²) in [4.78, 5) is 12.7. The lowest BCUT2D eigenvalue weighted by Gasteiger charge is -2.15. The van der Waals surface area contributed by atoms with Crippen LogP contribution in [0, 0.1) is 5.92 Å². The molecule has 1 atom stereocenters. The van der Waals surface area contributed by atoms with E-state index in [-0.39, 0.29) is 5.91 Å². The predicted octanol–water partition coefficient (Wildman–Crippen LogP) is 5.20. The topological polar surface area (TPSA) is 29.1 Å². The van der Waals surface area contributed by atoms with E-state index in [0.717, 1.165) is 44.3 Å².